The fraction of sp³-hybridized carbons (Fsp3) is 0.385. The highest BCUT2D eigenvalue weighted by molar-refractivity contribution is 5.93. The second kappa shape index (κ2) is 4.57. The van der Waals surface area contributed by atoms with Crippen molar-refractivity contribution in [1.29, 1.82) is 0 Å². The Kier molecular flexibility index (Phi) is 3.13. The van der Waals surface area contributed by atoms with Gasteiger partial charge < -0.3 is 9.30 Å². The number of aromatic nitrogens is 2. The van der Waals surface area contributed by atoms with E-state index in [1.807, 2.05) is 12.4 Å². The number of fused-ring (bicyclic) bond motifs is 1. The van der Waals surface area contributed by atoms with E-state index in [-0.39, 0.29) is 5.97 Å². The van der Waals surface area contributed by atoms with Crippen molar-refractivity contribution < 1.29 is 9.53 Å². The molecule has 0 atom stereocenters. The maximum absolute atomic E-state index is 11.4. The fourth-order valence-corrected chi connectivity index (χ4v) is 1.85. The number of methoxy groups -OCH3 is 1. The number of imidazole rings is 1. The van der Waals surface area contributed by atoms with Crippen molar-refractivity contribution in [2.45, 2.75) is 20.4 Å². The Bertz CT molecular complexity index is 543. The highest BCUT2D eigenvalue weighted by atomic mass is 16.5. The molecule has 0 amide bonds. The minimum absolute atomic E-state index is 0.328. The van der Waals surface area contributed by atoms with Crippen molar-refractivity contribution in [1.82, 2.24) is 9.55 Å². The summed E-state index contributed by atoms with van der Waals surface area (Å²) in [4.78, 5) is 15.7. The largest absolute Gasteiger partial charge is 0.465 e. The molecule has 90 valence electrons. The van der Waals surface area contributed by atoms with Crippen molar-refractivity contribution in [3.05, 3.63) is 30.1 Å². The number of carbonyl (C=O) groups excluding carboxylic acids is 1. The molecule has 1 aromatic heterocycles. The number of benzene rings is 1. The van der Waals surface area contributed by atoms with Gasteiger partial charge in [-0.1, -0.05) is 13.8 Å². The molecule has 0 saturated heterocycles. The van der Waals surface area contributed by atoms with E-state index in [2.05, 4.69) is 28.1 Å². The molecule has 0 unspecified atom stereocenters. The zero-order chi connectivity index (χ0) is 12.4. The van der Waals surface area contributed by atoms with Crippen LogP contribution in [0.2, 0.25) is 0 Å². The second-order valence-corrected chi connectivity index (χ2v) is 4.49. The molecule has 2 aromatic rings. The lowest BCUT2D eigenvalue weighted by molar-refractivity contribution is 0.0601. The van der Waals surface area contributed by atoms with Crippen molar-refractivity contribution in [3.8, 4) is 0 Å². The minimum atomic E-state index is -0.328. The van der Waals surface area contributed by atoms with Crippen LogP contribution in [0.15, 0.2) is 24.5 Å². The Morgan fingerprint density at radius 3 is 2.88 bits per heavy atom. The molecule has 0 bridgehead atoms. The first-order valence-electron chi connectivity index (χ1n) is 5.65. The van der Waals surface area contributed by atoms with Crippen LogP contribution in [0, 0.1) is 5.92 Å². The predicted molar refractivity (Wildman–Crippen MR) is 65.9 cm³/mol. The summed E-state index contributed by atoms with van der Waals surface area (Å²) in [5.41, 5.74) is 2.41. The molecule has 0 aliphatic carbocycles. The van der Waals surface area contributed by atoms with Crippen LogP contribution in [0.4, 0.5) is 0 Å². The first-order chi connectivity index (χ1) is 8.11. The first-order valence-corrected chi connectivity index (χ1v) is 5.65. The molecule has 4 heteroatoms. The third kappa shape index (κ3) is 2.30. The summed E-state index contributed by atoms with van der Waals surface area (Å²) in [7, 11) is 1.38. The zero-order valence-corrected chi connectivity index (χ0v) is 10.3. The van der Waals surface area contributed by atoms with Crippen LogP contribution in [0.25, 0.3) is 11.0 Å². The van der Waals surface area contributed by atoms with Gasteiger partial charge in [0.2, 0.25) is 0 Å². The minimum Gasteiger partial charge on any atom is -0.465 e. The van der Waals surface area contributed by atoms with Crippen molar-refractivity contribution >= 4 is 17.0 Å². The van der Waals surface area contributed by atoms with Gasteiger partial charge >= 0.3 is 5.97 Å². The van der Waals surface area contributed by atoms with Crippen LogP contribution in [-0.2, 0) is 11.3 Å². The van der Waals surface area contributed by atoms with E-state index in [0.29, 0.717) is 11.5 Å². The number of hydrogen-bond acceptors (Lipinski definition) is 3. The average Bonchev–Trinajstić information content (AvgIpc) is 2.70. The van der Waals surface area contributed by atoms with Crippen LogP contribution in [-0.4, -0.2) is 22.6 Å². The van der Waals surface area contributed by atoms with Gasteiger partial charge in [0, 0.05) is 6.54 Å². The van der Waals surface area contributed by atoms with Gasteiger partial charge in [0.05, 0.1) is 30.0 Å². The summed E-state index contributed by atoms with van der Waals surface area (Å²) in [6, 6.07) is 5.45. The smallest absolute Gasteiger partial charge is 0.337 e. The molecule has 0 aliphatic rings. The quantitative estimate of drug-likeness (QED) is 0.764. The van der Waals surface area contributed by atoms with Crippen LogP contribution < -0.4 is 0 Å². The molecule has 17 heavy (non-hydrogen) atoms. The third-order valence-corrected chi connectivity index (χ3v) is 2.60. The maximum atomic E-state index is 11.4. The fourth-order valence-electron chi connectivity index (χ4n) is 1.85. The maximum Gasteiger partial charge on any atom is 0.337 e. The van der Waals surface area contributed by atoms with Gasteiger partial charge in [-0.15, -0.1) is 0 Å². The number of nitrogens with zero attached hydrogens (tertiary/aromatic N) is 2. The van der Waals surface area contributed by atoms with Gasteiger partial charge in [0.1, 0.15) is 0 Å². The summed E-state index contributed by atoms with van der Waals surface area (Å²) in [5, 5.41) is 0. The summed E-state index contributed by atoms with van der Waals surface area (Å²) in [6.45, 7) is 5.25. The molecule has 0 fully saturated rings. The van der Waals surface area contributed by atoms with Gasteiger partial charge in [-0.2, -0.15) is 0 Å². The Morgan fingerprint density at radius 1 is 1.47 bits per heavy atom. The lowest BCUT2D eigenvalue weighted by atomic mass is 10.2. The number of hydrogen-bond donors (Lipinski definition) is 0. The zero-order valence-electron chi connectivity index (χ0n) is 10.3. The molecule has 4 nitrogen and oxygen atoms in total. The predicted octanol–water partition coefficient (Wildman–Crippen LogP) is 2.48. The molecule has 0 spiro atoms. The van der Waals surface area contributed by atoms with Crippen molar-refractivity contribution in [2.75, 3.05) is 7.11 Å². The monoisotopic (exact) mass is 232 g/mol. The summed E-state index contributed by atoms with van der Waals surface area (Å²) >= 11 is 0. The highest BCUT2D eigenvalue weighted by Crippen LogP contribution is 2.16. The van der Waals surface area contributed by atoms with E-state index in [0.717, 1.165) is 17.6 Å². The standard InChI is InChI=1S/C13H16N2O2/c1-9(2)7-15-8-14-11-6-10(13(16)17-3)4-5-12(11)15/h4-6,8-9H,7H2,1-3H3. The summed E-state index contributed by atoms with van der Waals surface area (Å²) in [6.07, 6.45) is 1.81. The SMILES string of the molecule is COC(=O)c1ccc2c(c1)ncn2CC(C)C. The van der Waals surface area contributed by atoms with Gasteiger partial charge in [0.15, 0.2) is 0 Å². The highest BCUT2D eigenvalue weighted by Gasteiger charge is 2.09. The van der Waals surface area contributed by atoms with Crippen LogP contribution in [0.3, 0.4) is 0 Å². The average molecular weight is 232 g/mol. The Hall–Kier alpha value is -1.84. The van der Waals surface area contributed by atoms with Crippen molar-refractivity contribution in [3.63, 3.8) is 0 Å². The number of carbonyl (C=O) groups is 1. The van der Waals surface area contributed by atoms with Crippen molar-refractivity contribution in [2.24, 2.45) is 5.92 Å². The number of ether oxygens (including phenoxy) is 1. The molecule has 0 radical (unpaired) electrons. The van der Waals surface area contributed by atoms with E-state index >= 15 is 0 Å². The summed E-state index contributed by atoms with van der Waals surface area (Å²) in [5.74, 6) is 0.234. The molecule has 2 rings (SSSR count). The van der Waals surface area contributed by atoms with Gasteiger partial charge in [-0.3, -0.25) is 0 Å². The molecule has 0 N–H and O–H groups in total. The molecule has 0 saturated carbocycles. The lowest BCUT2D eigenvalue weighted by Gasteiger charge is -2.07. The topological polar surface area (TPSA) is 44.1 Å². The van der Waals surface area contributed by atoms with Crippen LogP contribution in [0.1, 0.15) is 24.2 Å². The second-order valence-electron chi connectivity index (χ2n) is 4.49. The van der Waals surface area contributed by atoms with Gasteiger partial charge in [0.25, 0.3) is 0 Å². The van der Waals surface area contributed by atoms with E-state index in [1.54, 1.807) is 12.1 Å². The molecule has 1 aromatic carbocycles. The van der Waals surface area contributed by atoms with Crippen LogP contribution in [0.5, 0.6) is 0 Å². The summed E-state index contributed by atoms with van der Waals surface area (Å²) < 4.78 is 6.78. The molecular formula is C13H16N2O2. The Morgan fingerprint density at radius 2 is 2.24 bits per heavy atom. The first kappa shape index (κ1) is 11.6. The Labute approximate surface area is 100 Å². The van der Waals surface area contributed by atoms with E-state index < -0.39 is 0 Å². The number of rotatable bonds is 3. The van der Waals surface area contributed by atoms with Gasteiger partial charge in [-0.25, -0.2) is 9.78 Å². The van der Waals surface area contributed by atoms with E-state index in [1.165, 1.54) is 7.11 Å². The molecular weight excluding hydrogens is 216 g/mol. The molecule has 1 heterocycles. The van der Waals surface area contributed by atoms with E-state index in [9.17, 15) is 4.79 Å². The third-order valence-electron chi connectivity index (χ3n) is 2.60. The molecule has 0 aliphatic heterocycles. The lowest BCUT2D eigenvalue weighted by Crippen LogP contribution is -2.03. The Balaban J connectivity index is 2.41. The van der Waals surface area contributed by atoms with Gasteiger partial charge in [-0.05, 0) is 24.1 Å². The normalized spacial score (nSPS) is 11.1. The van der Waals surface area contributed by atoms with Crippen LogP contribution >= 0.6 is 0 Å². The van der Waals surface area contributed by atoms with E-state index in [4.69, 9.17) is 0 Å². The number of esters is 1.